The summed E-state index contributed by atoms with van der Waals surface area (Å²) in [5, 5.41) is 12.4. The molecule has 1 aromatic rings. The van der Waals surface area contributed by atoms with Gasteiger partial charge in [0.05, 0.1) is 12.0 Å². The minimum absolute atomic E-state index is 0.0160. The highest BCUT2D eigenvalue weighted by atomic mass is 16.4. The first-order chi connectivity index (χ1) is 10.1. The Labute approximate surface area is 123 Å². The van der Waals surface area contributed by atoms with Crippen LogP contribution in [0, 0.1) is 11.8 Å². The molecule has 1 saturated heterocycles. The lowest BCUT2D eigenvalue weighted by Gasteiger charge is -2.29. The Morgan fingerprint density at radius 2 is 1.95 bits per heavy atom. The van der Waals surface area contributed by atoms with Crippen LogP contribution in [0.3, 0.4) is 0 Å². The molecule has 2 aliphatic rings. The fourth-order valence-electron chi connectivity index (χ4n) is 3.32. The van der Waals surface area contributed by atoms with E-state index in [-0.39, 0.29) is 17.9 Å². The summed E-state index contributed by atoms with van der Waals surface area (Å²) in [6.45, 7) is 3.46. The van der Waals surface area contributed by atoms with Gasteiger partial charge < -0.3 is 15.3 Å². The third-order valence-electron chi connectivity index (χ3n) is 4.62. The summed E-state index contributed by atoms with van der Waals surface area (Å²) in [5.41, 5.74) is 2.44. The summed E-state index contributed by atoms with van der Waals surface area (Å²) >= 11 is 0. The minimum Gasteiger partial charge on any atom is -0.481 e. The molecule has 0 spiro atoms. The highest BCUT2D eigenvalue weighted by Gasteiger charge is 2.39. The van der Waals surface area contributed by atoms with Crippen molar-refractivity contribution in [1.82, 2.24) is 10.2 Å². The number of carbonyl (C=O) groups excluding carboxylic acids is 1. The zero-order valence-electron chi connectivity index (χ0n) is 12.1. The van der Waals surface area contributed by atoms with Gasteiger partial charge in [0.15, 0.2) is 0 Å². The van der Waals surface area contributed by atoms with Crippen LogP contribution >= 0.6 is 0 Å². The third kappa shape index (κ3) is 2.65. The molecule has 5 heteroatoms. The predicted molar refractivity (Wildman–Crippen MR) is 77.6 cm³/mol. The van der Waals surface area contributed by atoms with E-state index in [2.05, 4.69) is 17.4 Å². The first-order valence-electron chi connectivity index (χ1n) is 7.38. The molecule has 1 aromatic carbocycles. The molecule has 0 aliphatic carbocycles. The molecular formula is C16H20N2O3. The van der Waals surface area contributed by atoms with E-state index < -0.39 is 11.9 Å². The summed E-state index contributed by atoms with van der Waals surface area (Å²) in [5.74, 6) is -1.20. The van der Waals surface area contributed by atoms with Crippen LogP contribution < -0.4 is 5.32 Å². The molecule has 1 amide bonds. The van der Waals surface area contributed by atoms with Crippen LogP contribution in [0.15, 0.2) is 24.3 Å². The van der Waals surface area contributed by atoms with Crippen LogP contribution in [0.1, 0.15) is 18.1 Å². The van der Waals surface area contributed by atoms with E-state index >= 15 is 0 Å². The monoisotopic (exact) mass is 288 g/mol. The molecule has 5 nitrogen and oxygen atoms in total. The van der Waals surface area contributed by atoms with Gasteiger partial charge in [0.25, 0.3) is 0 Å². The second-order valence-corrected chi connectivity index (χ2v) is 6.07. The maximum Gasteiger partial charge on any atom is 0.308 e. The molecule has 21 heavy (non-hydrogen) atoms. The van der Waals surface area contributed by atoms with Gasteiger partial charge in [0, 0.05) is 19.6 Å². The summed E-state index contributed by atoms with van der Waals surface area (Å²) < 4.78 is 0. The topological polar surface area (TPSA) is 69.6 Å². The van der Waals surface area contributed by atoms with Crippen molar-refractivity contribution in [2.75, 3.05) is 13.1 Å². The van der Waals surface area contributed by atoms with Crippen LogP contribution in [0.25, 0.3) is 0 Å². The summed E-state index contributed by atoms with van der Waals surface area (Å²) in [4.78, 5) is 25.5. The molecule has 2 heterocycles. The molecule has 0 bridgehead atoms. The van der Waals surface area contributed by atoms with Crippen molar-refractivity contribution in [3.8, 4) is 0 Å². The van der Waals surface area contributed by atoms with E-state index in [9.17, 15) is 14.7 Å². The van der Waals surface area contributed by atoms with Crippen molar-refractivity contribution >= 4 is 11.9 Å². The van der Waals surface area contributed by atoms with Crippen LogP contribution in [-0.4, -0.2) is 41.0 Å². The van der Waals surface area contributed by atoms with E-state index in [4.69, 9.17) is 0 Å². The molecule has 2 aliphatic heterocycles. The standard InChI is InChI=1S/C16H20N2O3/c1-10-8-18(9-13(10)16(20)21)15(19)14-6-11-4-2-3-5-12(11)7-17-14/h2-5,10,13-14,17H,6-9H2,1H3,(H,20,21)/t10?,13?,14-/m0/s1. The number of hydrogen-bond donors (Lipinski definition) is 2. The van der Waals surface area contributed by atoms with Crippen LogP contribution in [0.4, 0.5) is 0 Å². The number of likely N-dealkylation sites (tertiary alicyclic amines) is 1. The van der Waals surface area contributed by atoms with Gasteiger partial charge in [0.1, 0.15) is 0 Å². The average Bonchev–Trinajstić information content (AvgIpc) is 2.88. The SMILES string of the molecule is CC1CN(C(=O)[C@@H]2Cc3ccccc3CN2)CC1C(=O)O. The number of carboxylic acids is 1. The van der Waals surface area contributed by atoms with E-state index in [0.29, 0.717) is 26.1 Å². The van der Waals surface area contributed by atoms with Crippen LogP contribution in [0.2, 0.25) is 0 Å². The van der Waals surface area contributed by atoms with Gasteiger partial charge in [-0.1, -0.05) is 31.2 Å². The van der Waals surface area contributed by atoms with E-state index in [1.807, 2.05) is 19.1 Å². The lowest BCUT2D eigenvalue weighted by atomic mass is 9.95. The van der Waals surface area contributed by atoms with Crippen molar-refractivity contribution in [2.45, 2.75) is 25.9 Å². The van der Waals surface area contributed by atoms with E-state index in [1.165, 1.54) is 11.1 Å². The molecule has 0 radical (unpaired) electrons. The van der Waals surface area contributed by atoms with Crippen molar-refractivity contribution in [1.29, 1.82) is 0 Å². The molecule has 1 fully saturated rings. The number of nitrogens with zero attached hydrogens (tertiary/aromatic N) is 1. The summed E-state index contributed by atoms with van der Waals surface area (Å²) in [7, 11) is 0. The van der Waals surface area contributed by atoms with E-state index in [0.717, 1.165) is 0 Å². The number of carbonyl (C=O) groups is 2. The molecule has 3 atom stereocenters. The normalized spacial score (nSPS) is 28.2. The number of benzene rings is 1. The smallest absolute Gasteiger partial charge is 0.308 e. The van der Waals surface area contributed by atoms with Gasteiger partial charge in [0.2, 0.25) is 5.91 Å². The Bertz CT molecular complexity index is 572. The zero-order valence-corrected chi connectivity index (χ0v) is 12.1. The van der Waals surface area contributed by atoms with Crippen molar-refractivity contribution in [3.63, 3.8) is 0 Å². The fraction of sp³-hybridized carbons (Fsp3) is 0.500. The van der Waals surface area contributed by atoms with Gasteiger partial charge in [-0.2, -0.15) is 0 Å². The first-order valence-corrected chi connectivity index (χ1v) is 7.38. The number of fused-ring (bicyclic) bond motifs is 1. The summed E-state index contributed by atoms with van der Waals surface area (Å²) in [6, 6.07) is 7.89. The van der Waals surface area contributed by atoms with Gasteiger partial charge in [-0.15, -0.1) is 0 Å². The molecular weight excluding hydrogens is 268 g/mol. The quantitative estimate of drug-likeness (QED) is 0.847. The number of amides is 1. The molecule has 2 N–H and O–H groups in total. The second-order valence-electron chi connectivity index (χ2n) is 6.07. The number of carboxylic acid groups (broad SMARTS) is 1. The number of rotatable bonds is 2. The highest BCUT2D eigenvalue weighted by molar-refractivity contribution is 5.84. The fourth-order valence-corrected chi connectivity index (χ4v) is 3.32. The van der Waals surface area contributed by atoms with Gasteiger partial charge in [-0.3, -0.25) is 9.59 Å². The van der Waals surface area contributed by atoms with Gasteiger partial charge in [-0.05, 0) is 23.5 Å². The van der Waals surface area contributed by atoms with Gasteiger partial charge >= 0.3 is 5.97 Å². The maximum absolute atomic E-state index is 12.6. The Balaban J connectivity index is 1.69. The lowest BCUT2D eigenvalue weighted by molar-refractivity contribution is -0.142. The molecule has 112 valence electrons. The lowest BCUT2D eigenvalue weighted by Crippen LogP contribution is -2.49. The van der Waals surface area contributed by atoms with Crippen molar-refractivity contribution < 1.29 is 14.7 Å². The average molecular weight is 288 g/mol. The molecule has 2 unspecified atom stereocenters. The Hall–Kier alpha value is -1.88. The minimum atomic E-state index is -0.806. The maximum atomic E-state index is 12.6. The molecule has 3 rings (SSSR count). The van der Waals surface area contributed by atoms with Crippen LogP contribution in [0.5, 0.6) is 0 Å². The zero-order chi connectivity index (χ0) is 15.0. The summed E-state index contributed by atoms with van der Waals surface area (Å²) in [6.07, 6.45) is 0.678. The highest BCUT2D eigenvalue weighted by Crippen LogP contribution is 2.25. The number of nitrogens with one attached hydrogen (secondary N) is 1. The Kier molecular flexibility index (Phi) is 3.68. The van der Waals surface area contributed by atoms with Gasteiger partial charge in [-0.25, -0.2) is 0 Å². The van der Waals surface area contributed by atoms with Crippen LogP contribution in [-0.2, 0) is 22.6 Å². The Morgan fingerprint density at radius 1 is 1.24 bits per heavy atom. The van der Waals surface area contributed by atoms with E-state index in [1.54, 1.807) is 4.90 Å². The number of hydrogen-bond acceptors (Lipinski definition) is 3. The van der Waals surface area contributed by atoms with Crippen molar-refractivity contribution in [2.24, 2.45) is 11.8 Å². The largest absolute Gasteiger partial charge is 0.481 e. The number of aliphatic carboxylic acids is 1. The van der Waals surface area contributed by atoms with Crippen molar-refractivity contribution in [3.05, 3.63) is 35.4 Å². The predicted octanol–water partition coefficient (Wildman–Crippen LogP) is 0.880. The molecule has 0 aromatic heterocycles. The second kappa shape index (κ2) is 5.48. The Morgan fingerprint density at radius 3 is 2.62 bits per heavy atom. The third-order valence-corrected chi connectivity index (χ3v) is 4.62. The first kappa shape index (κ1) is 14.1. The molecule has 0 saturated carbocycles.